The van der Waals surface area contributed by atoms with Gasteiger partial charge in [-0.15, -0.1) is 0 Å². The normalized spacial score (nSPS) is 52.3. The van der Waals surface area contributed by atoms with Crippen LogP contribution in [-0.2, 0) is 18.9 Å². The van der Waals surface area contributed by atoms with Crippen LogP contribution in [0.1, 0.15) is 6.42 Å². The molecule has 1 aliphatic carbocycles. The molecule has 3 rings (SSSR count). The predicted molar refractivity (Wildman–Crippen MR) is 103 cm³/mol. The van der Waals surface area contributed by atoms with E-state index < -0.39 is 98.8 Å². The Morgan fingerprint density at radius 2 is 1.22 bits per heavy atom. The predicted octanol–water partition coefficient (Wildman–Crippen LogP) is -6.63. The molecule has 0 bridgehead atoms. The summed E-state index contributed by atoms with van der Waals surface area (Å²) < 4.78 is 22.3. The van der Waals surface area contributed by atoms with Gasteiger partial charge in [-0.2, -0.15) is 5.48 Å². The quantitative estimate of drug-likeness (QED) is 0.154. The molecular weight excluding hydrogens is 436 g/mol. The van der Waals surface area contributed by atoms with E-state index in [1.807, 2.05) is 5.48 Å². The van der Waals surface area contributed by atoms with Crippen molar-refractivity contribution in [3.8, 4) is 0 Å². The summed E-state index contributed by atoms with van der Waals surface area (Å²) in [6.07, 6.45) is -12.6. The lowest BCUT2D eigenvalue weighted by molar-refractivity contribution is -0.294. The first-order valence-corrected chi connectivity index (χ1v) is 10.4. The van der Waals surface area contributed by atoms with E-state index in [1.54, 1.807) is 0 Å². The molecule has 7 unspecified atom stereocenters. The van der Waals surface area contributed by atoms with Crippen molar-refractivity contribution < 1.29 is 54.8 Å². The van der Waals surface area contributed by atoms with Gasteiger partial charge in [-0.25, -0.2) is 0 Å². The van der Waals surface area contributed by atoms with Gasteiger partial charge in [0, 0.05) is 12.1 Å². The minimum Gasteiger partial charge on any atom is -0.394 e. The molecule has 0 radical (unpaired) electrons. The van der Waals surface area contributed by atoms with Crippen LogP contribution < -0.4 is 22.7 Å². The molecule has 0 amide bonds. The third-order valence-electron chi connectivity index (χ3n) is 6.25. The van der Waals surface area contributed by atoms with E-state index >= 15 is 0 Å². The second-order valence-corrected chi connectivity index (χ2v) is 8.41. The second-order valence-electron chi connectivity index (χ2n) is 8.41. The van der Waals surface area contributed by atoms with Gasteiger partial charge in [0.25, 0.3) is 0 Å². The fraction of sp³-hybridized carbons (Fsp3) is 1.00. The summed E-state index contributed by atoms with van der Waals surface area (Å²) in [5.41, 5.74) is 20.2. The van der Waals surface area contributed by atoms with Crippen LogP contribution in [0, 0.1) is 0 Å². The average Bonchev–Trinajstić information content (AvgIpc) is 3.04. The van der Waals surface area contributed by atoms with Gasteiger partial charge >= 0.3 is 0 Å². The molecule has 3 fully saturated rings. The van der Waals surface area contributed by atoms with Crippen LogP contribution in [0.25, 0.3) is 0 Å². The molecule has 0 spiro atoms. The molecule has 1 saturated carbocycles. The van der Waals surface area contributed by atoms with E-state index in [1.165, 1.54) is 0 Å². The fourth-order valence-electron chi connectivity index (χ4n) is 4.33. The van der Waals surface area contributed by atoms with Crippen molar-refractivity contribution in [1.82, 2.24) is 5.48 Å². The summed E-state index contributed by atoms with van der Waals surface area (Å²) in [7, 11) is 0. The van der Waals surface area contributed by atoms with Crippen LogP contribution in [-0.4, -0.2) is 135 Å². The smallest absolute Gasteiger partial charge is 0.187 e. The molecule has 32 heavy (non-hydrogen) atoms. The lowest BCUT2D eigenvalue weighted by atomic mass is 9.83. The Balaban J connectivity index is 1.75. The highest BCUT2D eigenvalue weighted by molar-refractivity contribution is 5.03. The standard InChI is InChI=1S/C17H34N4O11/c18-4-1-5(19)15(32-17-13(27)11(25)7(3-23)30-17)9(21-28)14(4)31-16-8(20)12(26)10(24)6(2-22)29-16/h4-17,21-28H,1-3,18-20H2/t4?,5-,6?,7-,8?,9?,10-,11?,12?,13+,14-,15?,16-,17+/m1/s1. The molecule has 2 saturated heterocycles. The Morgan fingerprint density at radius 1 is 0.750 bits per heavy atom. The number of hydrogen-bond acceptors (Lipinski definition) is 15. The zero-order valence-corrected chi connectivity index (χ0v) is 17.2. The van der Waals surface area contributed by atoms with Gasteiger partial charge in [-0.1, -0.05) is 0 Å². The van der Waals surface area contributed by atoms with Crippen molar-refractivity contribution in [2.24, 2.45) is 17.2 Å². The van der Waals surface area contributed by atoms with Crippen molar-refractivity contribution >= 4 is 0 Å². The molecule has 3 aliphatic rings. The molecule has 0 aromatic carbocycles. The van der Waals surface area contributed by atoms with E-state index in [-0.39, 0.29) is 6.42 Å². The number of ether oxygens (including phenoxy) is 4. The topological polar surface area (TPSA) is 269 Å². The summed E-state index contributed by atoms with van der Waals surface area (Å²) >= 11 is 0. The number of aliphatic hydroxyl groups is 6. The van der Waals surface area contributed by atoms with Crippen LogP contribution in [0.2, 0.25) is 0 Å². The van der Waals surface area contributed by atoms with Gasteiger partial charge in [0.05, 0.1) is 37.5 Å². The average molecular weight is 470 g/mol. The van der Waals surface area contributed by atoms with Crippen LogP contribution in [0.15, 0.2) is 0 Å². The number of nitrogens with one attached hydrogen (secondary N) is 1. The van der Waals surface area contributed by atoms with Crippen molar-refractivity contribution in [2.45, 2.75) is 92.0 Å². The summed E-state index contributed by atoms with van der Waals surface area (Å²) in [5, 5.41) is 68.6. The van der Waals surface area contributed by atoms with Crippen LogP contribution in [0.3, 0.4) is 0 Å². The number of aliphatic hydroxyl groups excluding tert-OH is 6. The largest absolute Gasteiger partial charge is 0.394 e. The van der Waals surface area contributed by atoms with Gasteiger partial charge in [-0.05, 0) is 6.42 Å². The van der Waals surface area contributed by atoms with E-state index in [4.69, 9.17) is 36.1 Å². The minimum absolute atomic E-state index is 0.138. The summed E-state index contributed by atoms with van der Waals surface area (Å²) in [4.78, 5) is 0. The molecular formula is C17H34N4O11. The molecule has 14 N–H and O–H groups in total. The zero-order chi connectivity index (χ0) is 23.7. The van der Waals surface area contributed by atoms with E-state index in [0.717, 1.165) is 0 Å². The Bertz CT molecular complexity index is 607. The lowest BCUT2D eigenvalue weighted by Gasteiger charge is -2.47. The first-order chi connectivity index (χ1) is 15.1. The van der Waals surface area contributed by atoms with Crippen LogP contribution >= 0.6 is 0 Å². The molecule has 188 valence electrons. The Labute approximate surface area is 183 Å². The maximum atomic E-state index is 10.2. The first-order valence-electron chi connectivity index (χ1n) is 10.4. The number of hydrogen-bond donors (Lipinski definition) is 11. The van der Waals surface area contributed by atoms with Gasteiger partial charge in [0.15, 0.2) is 12.6 Å². The molecule has 0 aromatic rings. The zero-order valence-electron chi connectivity index (χ0n) is 17.2. The summed E-state index contributed by atoms with van der Waals surface area (Å²) in [6.45, 7) is -1.16. The van der Waals surface area contributed by atoms with Crippen LogP contribution in [0.4, 0.5) is 0 Å². The summed E-state index contributed by atoms with van der Waals surface area (Å²) in [5.74, 6) is 0. The monoisotopic (exact) mass is 470 g/mol. The Kier molecular flexibility index (Phi) is 8.75. The van der Waals surface area contributed by atoms with Crippen molar-refractivity contribution in [3.05, 3.63) is 0 Å². The molecule has 15 nitrogen and oxygen atoms in total. The molecule has 15 heteroatoms. The SMILES string of the molecule is NC1C(O)[C@H](O)C(CO)O[C@@H]1O[C@@H]1C(N)C[C@@H](N)C(O[C@@H]2O[C@H](CO)C(O)[C@@H]2O)C1NO. The number of hydroxylamine groups is 1. The van der Waals surface area contributed by atoms with Crippen molar-refractivity contribution in [3.63, 3.8) is 0 Å². The molecule has 2 heterocycles. The van der Waals surface area contributed by atoms with E-state index in [9.17, 15) is 35.8 Å². The minimum atomic E-state index is -1.48. The Hall–Kier alpha value is -0.600. The van der Waals surface area contributed by atoms with Crippen molar-refractivity contribution in [1.29, 1.82) is 0 Å². The summed E-state index contributed by atoms with van der Waals surface area (Å²) in [6, 6.07) is -3.81. The first kappa shape index (κ1) is 26.0. The number of rotatable bonds is 7. The maximum absolute atomic E-state index is 10.2. The maximum Gasteiger partial charge on any atom is 0.187 e. The lowest BCUT2D eigenvalue weighted by Crippen LogP contribution is -2.70. The van der Waals surface area contributed by atoms with Crippen LogP contribution in [0.5, 0.6) is 0 Å². The highest BCUT2D eigenvalue weighted by Crippen LogP contribution is 2.31. The van der Waals surface area contributed by atoms with Gasteiger partial charge in [0.2, 0.25) is 0 Å². The van der Waals surface area contributed by atoms with Gasteiger partial charge in [0.1, 0.15) is 36.6 Å². The highest BCUT2D eigenvalue weighted by Gasteiger charge is 2.51. The van der Waals surface area contributed by atoms with Crippen molar-refractivity contribution in [2.75, 3.05) is 13.2 Å². The fourth-order valence-corrected chi connectivity index (χ4v) is 4.33. The third-order valence-corrected chi connectivity index (χ3v) is 6.25. The third kappa shape index (κ3) is 4.92. The Morgan fingerprint density at radius 3 is 1.72 bits per heavy atom. The van der Waals surface area contributed by atoms with E-state index in [2.05, 4.69) is 0 Å². The highest BCUT2D eigenvalue weighted by atomic mass is 16.7. The second kappa shape index (κ2) is 10.8. The number of nitrogens with two attached hydrogens (primary N) is 3. The molecule has 14 atom stereocenters. The van der Waals surface area contributed by atoms with E-state index in [0.29, 0.717) is 0 Å². The molecule has 0 aromatic heterocycles. The van der Waals surface area contributed by atoms with Gasteiger partial charge < -0.3 is 72.0 Å². The van der Waals surface area contributed by atoms with Gasteiger partial charge in [-0.3, -0.25) is 0 Å². The molecule has 2 aliphatic heterocycles.